The molecule has 124 valence electrons. The molecule has 0 aliphatic heterocycles. The first-order chi connectivity index (χ1) is 11.1. The predicted octanol–water partition coefficient (Wildman–Crippen LogP) is 2.11. The Morgan fingerprint density at radius 1 is 1.35 bits per heavy atom. The highest BCUT2D eigenvalue weighted by Crippen LogP contribution is 2.24. The number of amides is 1. The molecule has 4 heteroatoms. The van der Waals surface area contributed by atoms with Crippen molar-refractivity contribution in [1.29, 1.82) is 0 Å². The zero-order chi connectivity index (χ0) is 16.7. The summed E-state index contributed by atoms with van der Waals surface area (Å²) in [6.45, 7) is 3.43. The van der Waals surface area contributed by atoms with Crippen molar-refractivity contribution < 1.29 is 9.90 Å². The van der Waals surface area contributed by atoms with Gasteiger partial charge in [-0.25, -0.2) is 0 Å². The smallest absolute Gasteiger partial charge is 0.251 e. The highest BCUT2D eigenvalue weighted by atomic mass is 16.3. The predicted molar refractivity (Wildman–Crippen MR) is 94.0 cm³/mol. The molecule has 0 aromatic rings. The summed E-state index contributed by atoms with van der Waals surface area (Å²) in [6, 6.07) is 0.0214. The first kappa shape index (κ1) is 17.4. The molecule has 0 fully saturated rings. The lowest BCUT2D eigenvalue weighted by atomic mass is 10.0. The number of rotatable bonds is 8. The summed E-state index contributed by atoms with van der Waals surface area (Å²) in [5.74, 6) is -0.0300. The van der Waals surface area contributed by atoms with Gasteiger partial charge in [0.1, 0.15) is 0 Å². The summed E-state index contributed by atoms with van der Waals surface area (Å²) in [6.07, 6.45) is 15.9. The van der Waals surface area contributed by atoms with Crippen LogP contribution >= 0.6 is 0 Å². The van der Waals surface area contributed by atoms with Gasteiger partial charge < -0.3 is 15.3 Å². The fourth-order valence-corrected chi connectivity index (χ4v) is 2.78. The van der Waals surface area contributed by atoms with E-state index in [-0.39, 0.29) is 18.6 Å². The Bertz CT molecular complexity index is 582. The fraction of sp³-hybridized carbons (Fsp3) is 0.421. The topological polar surface area (TPSA) is 52.6 Å². The summed E-state index contributed by atoms with van der Waals surface area (Å²) in [5.41, 5.74) is 2.97. The average molecular weight is 314 g/mol. The van der Waals surface area contributed by atoms with Crippen molar-refractivity contribution in [2.24, 2.45) is 0 Å². The number of carbonyl (C=O) groups is 1. The average Bonchev–Trinajstić information content (AvgIpc) is 3.18. The monoisotopic (exact) mass is 314 g/mol. The lowest BCUT2D eigenvalue weighted by molar-refractivity contribution is -0.117. The lowest BCUT2D eigenvalue weighted by Crippen LogP contribution is -2.42. The van der Waals surface area contributed by atoms with E-state index in [4.69, 9.17) is 5.11 Å². The first-order valence-electron chi connectivity index (χ1n) is 8.14. The maximum Gasteiger partial charge on any atom is 0.251 e. The van der Waals surface area contributed by atoms with Gasteiger partial charge >= 0.3 is 0 Å². The molecule has 1 unspecified atom stereocenters. The van der Waals surface area contributed by atoms with E-state index in [9.17, 15) is 4.79 Å². The Kier molecular flexibility index (Phi) is 6.56. The minimum absolute atomic E-state index is 0.0214. The second kappa shape index (κ2) is 8.65. The van der Waals surface area contributed by atoms with E-state index in [2.05, 4.69) is 23.5 Å². The van der Waals surface area contributed by atoms with Gasteiger partial charge in [-0.1, -0.05) is 36.5 Å². The fourth-order valence-electron chi connectivity index (χ4n) is 2.78. The van der Waals surface area contributed by atoms with Gasteiger partial charge in [-0.15, -0.1) is 0 Å². The highest BCUT2D eigenvalue weighted by Gasteiger charge is 2.18. The number of likely N-dealkylation sites (N-methyl/N-ethyl adjacent to an activating group) is 1. The first-order valence-corrected chi connectivity index (χ1v) is 8.14. The van der Waals surface area contributed by atoms with Crippen LogP contribution in [0.15, 0.2) is 59.3 Å². The number of nitrogens with one attached hydrogen (secondary N) is 1. The molecule has 0 aromatic carbocycles. The van der Waals surface area contributed by atoms with Crippen LogP contribution in [0.5, 0.6) is 0 Å². The SMILES string of the molecule is CC(CN(C)CCO)NC(=O)/C(=C/C1=CC=CC1)C1=CC=CC1. The molecule has 0 aromatic heterocycles. The number of nitrogens with zero attached hydrogens (tertiary/aromatic N) is 1. The summed E-state index contributed by atoms with van der Waals surface area (Å²) in [4.78, 5) is 14.7. The minimum Gasteiger partial charge on any atom is -0.395 e. The Morgan fingerprint density at radius 3 is 2.70 bits per heavy atom. The number of aliphatic hydroxyl groups excluding tert-OH is 1. The molecule has 0 spiro atoms. The molecule has 2 aliphatic rings. The van der Waals surface area contributed by atoms with Gasteiger partial charge in [-0.2, -0.15) is 0 Å². The Morgan fingerprint density at radius 2 is 2.09 bits per heavy atom. The van der Waals surface area contributed by atoms with Crippen LogP contribution in [0.25, 0.3) is 0 Å². The van der Waals surface area contributed by atoms with Gasteiger partial charge in [-0.3, -0.25) is 4.79 Å². The van der Waals surface area contributed by atoms with Crippen molar-refractivity contribution in [3.63, 3.8) is 0 Å². The molecule has 1 amide bonds. The summed E-state index contributed by atoms with van der Waals surface area (Å²) in [5, 5.41) is 12.0. The zero-order valence-corrected chi connectivity index (χ0v) is 14.0. The van der Waals surface area contributed by atoms with E-state index in [1.807, 2.05) is 43.2 Å². The van der Waals surface area contributed by atoms with Crippen molar-refractivity contribution in [1.82, 2.24) is 10.2 Å². The molecule has 1 atom stereocenters. The van der Waals surface area contributed by atoms with Crippen LogP contribution in [-0.2, 0) is 4.79 Å². The van der Waals surface area contributed by atoms with Crippen LogP contribution in [0.4, 0.5) is 0 Å². The summed E-state index contributed by atoms with van der Waals surface area (Å²) < 4.78 is 0. The number of hydrogen-bond acceptors (Lipinski definition) is 3. The molecular weight excluding hydrogens is 288 g/mol. The van der Waals surface area contributed by atoms with E-state index >= 15 is 0 Å². The zero-order valence-electron chi connectivity index (χ0n) is 14.0. The van der Waals surface area contributed by atoms with E-state index in [0.717, 1.165) is 29.6 Å². The second-order valence-corrected chi connectivity index (χ2v) is 6.12. The van der Waals surface area contributed by atoms with Crippen LogP contribution in [0, 0.1) is 0 Å². The van der Waals surface area contributed by atoms with Crippen molar-refractivity contribution in [3.05, 3.63) is 59.3 Å². The van der Waals surface area contributed by atoms with Gasteiger partial charge in [0.15, 0.2) is 0 Å². The quantitative estimate of drug-likeness (QED) is 0.675. The van der Waals surface area contributed by atoms with Gasteiger partial charge in [0.05, 0.1) is 6.61 Å². The Labute approximate surface area is 138 Å². The minimum atomic E-state index is -0.0300. The second-order valence-electron chi connectivity index (χ2n) is 6.12. The largest absolute Gasteiger partial charge is 0.395 e. The molecule has 4 nitrogen and oxygen atoms in total. The molecule has 0 heterocycles. The Balaban J connectivity index is 2.02. The van der Waals surface area contributed by atoms with Gasteiger partial charge in [-0.05, 0) is 44.0 Å². The molecule has 0 saturated heterocycles. The molecule has 0 bridgehead atoms. The molecule has 2 N–H and O–H groups in total. The molecule has 23 heavy (non-hydrogen) atoms. The van der Waals surface area contributed by atoms with Gasteiger partial charge in [0.25, 0.3) is 5.91 Å². The number of hydrogen-bond donors (Lipinski definition) is 2. The van der Waals surface area contributed by atoms with E-state index in [0.29, 0.717) is 13.1 Å². The van der Waals surface area contributed by atoms with Crippen molar-refractivity contribution >= 4 is 5.91 Å². The van der Waals surface area contributed by atoms with Crippen LogP contribution in [0.2, 0.25) is 0 Å². The number of aliphatic hydroxyl groups is 1. The third-order valence-electron chi connectivity index (χ3n) is 3.94. The number of carbonyl (C=O) groups excluding carboxylic acids is 1. The molecular formula is C19H26N2O2. The van der Waals surface area contributed by atoms with Gasteiger partial charge in [0, 0.05) is 24.7 Å². The van der Waals surface area contributed by atoms with Crippen LogP contribution in [0.3, 0.4) is 0 Å². The van der Waals surface area contributed by atoms with Crippen LogP contribution in [-0.4, -0.2) is 48.7 Å². The standard InChI is InChI=1S/C19H26N2O2/c1-15(14-21(2)11-12-22)20-19(23)18(17-9-5-6-10-17)13-16-7-3-4-8-16/h3-7,9,13,15,22H,8,10-12,14H2,1-2H3,(H,20,23)/b18-13+. The van der Waals surface area contributed by atoms with E-state index in [1.54, 1.807) is 0 Å². The summed E-state index contributed by atoms with van der Waals surface area (Å²) >= 11 is 0. The van der Waals surface area contributed by atoms with Crippen LogP contribution in [0.1, 0.15) is 19.8 Å². The van der Waals surface area contributed by atoms with Crippen molar-refractivity contribution in [2.75, 3.05) is 26.7 Å². The molecule has 2 aliphatic carbocycles. The molecule has 2 rings (SSSR count). The summed E-state index contributed by atoms with van der Waals surface area (Å²) in [7, 11) is 1.94. The third-order valence-corrected chi connectivity index (χ3v) is 3.94. The van der Waals surface area contributed by atoms with Gasteiger partial charge in [0.2, 0.25) is 0 Å². The maximum atomic E-state index is 12.7. The number of allylic oxidation sites excluding steroid dienone is 8. The van der Waals surface area contributed by atoms with Crippen molar-refractivity contribution in [3.8, 4) is 0 Å². The maximum absolute atomic E-state index is 12.7. The molecule has 0 saturated carbocycles. The third kappa shape index (κ3) is 5.34. The van der Waals surface area contributed by atoms with Crippen molar-refractivity contribution in [2.45, 2.75) is 25.8 Å². The highest BCUT2D eigenvalue weighted by molar-refractivity contribution is 5.98. The van der Waals surface area contributed by atoms with Crippen LogP contribution < -0.4 is 5.32 Å². The lowest BCUT2D eigenvalue weighted by Gasteiger charge is -2.22. The van der Waals surface area contributed by atoms with E-state index < -0.39 is 0 Å². The van der Waals surface area contributed by atoms with E-state index in [1.165, 1.54) is 0 Å². The Hall–Kier alpha value is -1.91. The molecule has 0 radical (unpaired) electrons. The normalized spacial score (nSPS) is 18.3.